The van der Waals surface area contributed by atoms with E-state index in [-0.39, 0.29) is 11.4 Å². The highest BCUT2D eigenvalue weighted by Gasteiger charge is 2.30. The fourth-order valence-electron chi connectivity index (χ4n) is 1.92. The lowest BCUT2D eigenvalue weighted by atomic mass is 10.2. The summed E-state index contributed by atoms with van der Waals surface area (Å²) in [5, 5.41) is 8.80. The van der Waals surface area contributed by atoms with Gasteiger partial charge in [-0.25, -0.2) is 4.79 Å². The quantitative estimate of drug-likeness (QED) is 0.853. The summed E-state index contributed by atoms with van der Waals surface area (Å²) < 4.78 is 29.0. The monoisotopic (exact) mass is 343 g/mol. The van der Waals surface area contributed by atoms with Crippen LogP contribution in [0.1, 0.15) is 32.8 Å². The lowest BCUT2D eigenvalue weighted by Crippen LogP contribution is -2.29. The number of carbonyl (C=O) groups is 1. The van der Waals surface area contributed by atoms with E-state index in [1.807, 2.05) is 6.92 Å². The summed E-state index contributed by atoms with van der Waals surface area (Å²) in [6.07, 6.45) is -1.28. The van der Waals surface area contributed by atoms with E-state index in [9.17, 15) is 13.2 Å². The molecule has 6 nitrogen and oxygen atoms in total. The highest BCUT2D eigenvalue weighted by Crippen LogP contribution is 2.20. The number of aryl methyl sites for hydroxylation is 1. The topological polar surface area (TPSA) is 83.9 Å². The van der Waals surface area contributed by atoms with Gasteiger partial charge in [-0.2, -0.15) is 8.42 Å². The van der Waals surface area contributed by atoms with Gasteiger partial charge in [0.1, 0.15) is 0 Å². The lowest BCUT2D eigenvalue weighted by molar-refractivity contribution is 0.146. The molecule has 0 spiro atoms. The molecule has 1 aromatic carbocycles. The second-order valence-corrected chi connectivity index (χ2v) is 7.81. The molecule has 0 radical (unpaired) electrons. The van der Waals surface area contributed by atoms with Crippen LogP contribution in [0.3, 0.4) is 0 Å². The average molecular weight is 343 g/mol. The third-order valence-corrected chi connectivity index (χ3v) is 4.36. The van der Waals surface area contributed by atoms with Gasteiger partial charge in [0.25, 0.3) is 10.1 Å². The van der Waals surface area contributed by atoms with Crippen molar-refractivity contribution in [3.63, 3.8) is 0 Å². The molecule has 1 heterocycles. The summed E-state index contributed by atoms with van der Waals surface area (Å²) in [4.78, 5) is 12.0. The maximum atomic E-state index is 12.0. The van der Waals surface area contributed by atoms with E-state index < -0.39 is 22.3 Å². The Bertz CT molecular complexity index is 607. The molecule has 1 fully saturated rings. The highest BCUT2D eigenvalue weighted by molar-refractivity contribution is 7.86. The first-order valence-electron chi connectivity index (χ1n) is 7.59. The molecule has 2 rings (SSSR count). The van der Waals surface area contributed by atoms with Crippen LogP contribution in [0.25, 0.3) is 0 Å². The lowest BCUT2D eigenvalue weighted by Gasteiger charge is -2.13. The Morgan fingerprint density at radius 2 is 1.78 bits per heavy atom. The molecule has 1 amide bonds. The Labute approximate surface area is 138 Å². The Hall–Kier alpha value is -1.60. The third-order valence-electron chi connectivity index (χ3n) is 2.99. The van der Waals surface area contributed by atoms with Gasteiger partial charge >= 0.3 is 6.09 Å². The molecule has 7 heteroatoms. The molecule has 0 bridgehead atoms. The molecular weight excluding hydrogens is 318 g/mol. The van der Waals surface area contributed by atoms with Gasteiger partial charge in [0.05, 0.1) is 17.5 Å². The van der Waals surface area contributed by atoms with Gasteiger partial charge in [0, 0.05) is 6.54 Å². The highest BCUT2D eigenvalue weighted by atomic mass is 32.2. The molecular formula is C16H25NO5S. The first-order valence-corrected chi connectivity index (χ1v) is 9.00. The molecule has 0 saturated carbocycles. The van der Waals surface area contributed by atoms with Gasteiger partial charge in [-0.05, 0) is 31.4 Å². The van der Waals surface area contributed by atoms with E-state index in [4.69, 9.17) is 9.29 Å². The third kappa shape index (κ3) is 6.58. The van der Waals surface area contributed by atoms with Crippen molar-refractivity contribution in [1.29, 1.82) is 0 Å². The van der Waals surface area contributed by atoms with E-state index >= 15 is 0 Å². The van der Waals surface area contributed by atoms with Crippen molar-refractivity contribution in [3.05, 3.63) is 29.8 Å². The zero-order chi connectivity index (χ0) is 17.6. The van der Waals surface area contributed by atoms with Crippen molar-refractivity contribution < 1.29 is 22.5 Å². The van der Waals surface area contributed by atoms with E-state index in [2.05, 4.69) is 20.8 Å². The van der Waals surface area contributed by atoms with Crippen LogP contribution in [0.2, 0.25) is 0 Å². The number of nitrogens with zero attached hydrogens (tertiary/aromatic N) is 1. The fourth-order valence-corrected chi connectivity index (χ4v) is 3.02. The second kappa shape index (κ2) is 8.31. The maximum Gasteiger partial charge on any atom is 0.407 e. The zero-order valence-electron chi connectivity index (χ0n) is 14.0. The number of carboxylic acid groups (broad SMARTS) is 1. The molecule has 130 valence electrons. The SMILES string of the molecule is CC(C)C.Cc1ccc(S(=O)(=O)OC2CCN(C(=O)O)C2)cc1. The van der Waals surface area contributed by atoms with Crippen LogP contribution in [-0.2, 0) is 14.3 Å². The van der Waals surface area contributed by atoms with Crippen molar-refractivity contribution in [2.45, 2.75) is 45.1 Å². The van der Waals surface area contributed by atoms with Gasteiger partial charge < -0.3 is 10.0 Å². The minimum Gasteiger partial charge on any atom is -0.465 e. The number of hydrogen-bond acceptors (Lipinski definition) is 4. The van der Waals surface area contributed by atoms with Crippen molar-refractivity contribution >= 4 is 16.2 Å². The first kappa shape index (κ1) is 19.4. The molecule has 0 aliphatic carbocycles. The smallest absolute Gasteiger partial charge is 0.407 e. The van der Waals surface area contributed by atoms with E-state index in [0.29, 0.717) is 13.0 Å². The van der Waals surface area contributed by atoms with Crippen molar-refractivity contribution in [3.8, 4) is 0 Å². The summed E-state index contributed by atoms with van der Waals surface area (Å²) in [7, 11) is -3.83. The Morgan fingerprint density at radius 1 is 1.26 bits per heavy atom. The number of hydrogen-bond donors (Lipinski definition) is 1. The largest absolute Gasteiger partial charge is 0.465 e. The Balaban J connectivity index is 0.000000593. The van der Waals surface area contributed by atoms with Gasteiger partial charge in [0.2, 0.25) is 0 Å². The normalized spacial score (nSPS) is 17.8. The Morgan fingerprint density at radius 3 is 2.22 bits per heavy atom. The number of amides is 1. The van der Waals surface area contributed by atoms with Gasteiger partial charge in [0.15, 0.2) is 0 Å². The van der Waals surface area contributed by atoms with Crippen molar-refractivity contribution in [1.82, 2.24) is 4.90 Å². The van der Waals surface area contributed by atoms with Crippen LogP contribution in [0.15, 0.2) is 29.2 Å². The summed E-state index contributed by atoms with van der Waals surface area (Å²) in [6, 6.07) is 6.34. The summed E-state index contributed by atoms with van der Waals surface area (Å²) in [5.74, 6) is 0.833. The molecule has 1 saturated heterocycles. The number of rotatable bonds is 3. The average Bonchev–Trinajstić information content (AvgIpc) is 2.86. The van der Waals surface area contributed by atoms with Crippen LogP contribution in [0.4, 0.5) is 4.79 Å². The first-order chi connectivity index (χ1) is 10.6. The second-order valence-electron chi connectivity index (χ2n) is 6.23. The molecule has 1 atom stereocenters. The fraction of sp³-hybridized carbons (Fsp3) is 0.562. The van der Waals surface area contributed by atoms with E-state index in [1.165, 1.54) is 12.1 Å². The zero-order valence-corrected chi connectivity index (χ0v) is 14.8. The van der Waals surface area contributed by atoms with Crippen LogP contribution in [-0.4, -0.2) is 43.7 Å². The van der Waals surface area contributed by atoms with Crippen LogP contribution in [0, 0.1) is 12.8 Å². The molecule has 0 aromatic heterocycles. The van der Waals surface area contributed by atoms with Gasteiger partial charge in [-0.3, -0.25) is 4.18 Å². The van der Waals surface area contributed by atoms with Crippen LogP contribution >= 0.6 is 0 Å². The number of benzene rings is 1. The molecule has 1 N–H and O–H groups in total. The predicted molar refractivity (Wildman–Crippen MR) is 88.0 cm³/mol. The number of likely N-dealkylation sites (tertiary alicyclic amines) is 1. The van der Waals surface area contributed by atoms with Crippen molar-refractivity contribution in [2.75, 3.05) is 13.1 Å². The molecule has 1 unspecified atom stereocenters. The van der Waals surface area contributed by atoms with E-state index in [0.717, 1.165) is 16.4 Å². The predicted octanol–water partition coefficient (Wildman–Crippen LogP) is 3.11. The van der Waals surface area contributed by atoms with Crippen LogP contribution in [0.5, 0.6) is 0 Å². The van der Waals surface area contributed by atoms with E-state index in [1.54, 1.807) is 12.1 Å². The molecule has 23 heavy (non-hydrogen) atoms. The summed E-state index contributed by atoms with van der Waals surface area (Å²) in [5.41, 5.74) is 0.955. The molecule has 1 aliphatic heterocycles. The minimum absolute atomic E-state index is 0.0838. The molecule has 1 aliphatic rings. The summed E-state index contributed by atoms with van der Waals surface area (Å²) in [6.45, 7) is 8.74. The molecule has 1 aromatic rings. The van der Waals surface area contributed by atoms with Crippen molar-refractivity contribution in [2.24, 2.45) is 5.92 Å². The minimum atomic E-state index is -3.83. The maximum absolute atomic E-state index is 12.0. The standard InChI is InChI=1S/C12H15NO5S.C4H10/c1-9-2-4-11(5-3-9)19(16,17)18-10-6-7-13(8-10)12(14)15;1-4(2)3/h2-5,10H,6-8H2,1H3,(H,14,15);4H,1-3H3. The summed E-state index contributed by atoms with van der Waals surface area (Å²) >= 11 is 0. The van der Waals surface area contributed by atoms with Crippen LogP contribution < -0.4 is 0 Å². The van der Waals surface area contributed by atoms with Gasteiger partial charge in [-0.15, -0.1) is 0 Å². The Kier molecular flexibility index (Phi) is 7.02. The van der Waals surface area contributed by atoms with Gasteiger partial charge in [-0.1, -0.05) is 38.5 Å².